The van der Waals surface area contributed by atoms with Gasteiger partial charge in [-0.05, 0) is 44.0 Å². The Labute approximate surface area is 197 Å². The number of hydrogen-bond donors (Lipinski definition) is 0. The molecule has 13 heteroatoms. The zero-order valence-electron chi connectivity index (χ0n) is 17.2. The maximum atomic E-state index is 13.1. The summed E-state index contributed by atoms with van der Waals surface area (Å²) >= 11 is 11.7. The van der Waals surface area contributed by atoms with Gasteiger partial charge in [-0.1, -0.05) is 40.9 Å². The molecule has 0 spiro atoms. The molecule has 0 aliphatic heterocycles. The van der Waals surface area contributed by atoms with Crippen molar-refractivity contribution in [3.63, 3.8) is 0 Å². The van der Waals surface area contributed by atoms with Crippen LogP contribution in [0, 0.1) is 20.8 Å². The highest BCUT2D eigenvalue weighted by molar-refractivity contribution is 7.85. The van der Waals surface area contributed by atoms with E-state index >= 15 is 0 Å². The molecular formula is C20H16Cl2F3O7S-. The van der Waals surface area contributed by atoms with Crippen LogP contribution in [0.3, 0.4) is 0 Å². The van der Waals surface area contributed by atoms with Gasteiger partial charge < -0.3 is 14.0 Å². The molecule has 0 radical (unpaired) electrons. The third-order valence-electron chi connectivity index (χ3n) is 4.27. The van der Waals surface area contributed by atoms with E-state index in [0.29, 0.717) is 11.1 Å². The molecule has 0 saturated carbocycles. The number of aryl methyl sites for hydroxylation is 3. The van der Waals surface area contributed by atoms with Crippen molar-refractivity contribution in [3.05, 3.63) is 62.1 Å². The number of alkyl halides is 3. The summed E-state index contributed by atoms with van der Waals surface area (Å²) in [5.74, 6) is -4.81. The number of rotatable bonds is 6. The Morgan fingerprint density at radius 2 is 1.42 bits per heavy atom. The molecule has 2 aromatic rings. The van der Waals surface area contributed by atoms with Crippen molar-refractivity contribution in [2.75, 3.05) is 5.75 Å². The van der Waals surface area contributed by atoms with E-state index in [1.54, 1.807) is 26.0 Å². The highest BCUT2D eigenvalue weighted by Crippen LogP contribution is 2.31. The summed E-state index contributed by atoms with van der Waals surface area (Å²) in [7, 11) is -5.42. The zero-order valence-corrected chi connectivity index (χ0v) is 19.6. The average molecular weight is 528 g/mol. The monoisotopic (exact) mass is 527 g/mol. The molecule has 2 rings (SSSR count). The van der Waals surface area contributed by atoms with Gasteiger partial charge in [0.05, 0.1) is 37.0 Å². The Balaban J connectivity index is 2.47. The van der Waals surface area contributed by atoms with Crippen LogP contribution in [0.5, 0.6) is 5.75 Å². The predicted molar refractivity (Wildman–Crippen MR) is 112 cm³/mol. The second-order valence-electron chi connectivity index (χ2n) is 7.09. The number of halogens is 5. The topological polar surface area (TPSA) is 110 Å². The van der Waals surface area contributed by atoms with Crippen LogP contribution in [-0.2, 0) is 14.9 Å². The number of ether oxygens (including phenoxy) is 2. The molecule has 0 aliphatic rings. The third-order valence-corrected chi connectivity index (χ3v) is 5.70. The lowest BCUT2D eigenvalue weighted by atomic mass is 10.1. The van der Waals surface area contributed by atoms with Crippen molar-refractivity contribution in [2.45, 2.75) is 33.1 Å². The highest BCUT2D eigenvalue weighted by Gasteiger charge is 2.44. The average Bonchev–Trinajstić information content (AvgIpc) is 2.63. The van der Waals surface area contributed by atoms with Crippen LogP contribution in [0.1, 0.15) is 37.4 Å². The molecular weight excluding hydrogens is 512 g/mol. The Bertz CT molecular complexity index is 1190. The second-order valence-corrected chi connectivity index (χ2v) is 9.35. The molecule has 7 nitrogen and oxygen atoms in total. The summed E-state index contributed by atoms with van der Waals surface area (Å²) in [5.41, 5.74) is 0.676. The molecule has 0 fully saturated rings. The van der Waals surface area contributed by atoms with Gasteiger partial charge in [-0.25, -0.2) is 18.0 Å². The fourth-order valence-corrected chi connectivity index (χ4v) is 3.89. The number of carbonyl (C=O) groups excluding carboxylic acids is 2. The maximum Gasteiger partial charge on any atom is 0.426 e. The van der Waals surface area contributed by atoms with Gasteiger partial charge in [0.2, 0.25) is 6.10 Å². The van der Waals surface area contributed by atoms with Crippen molar-refractivity contribution >= 4 is 45.3 Å². The summed E-state index contributed by atoms with van der Waals surface area (Å²) in [5, 5.41) is -0.519. The fraction of sp³-hybridized carbons (Fsp3) is 0.300. The van der Waals surface area contributed by atoms with E-state index in [-0.39, 0.29) is 15.8 Å². The molecule has 1 unspecified atom stereocenters. The van der Waals surface area contributed by atoms with Gasteiger partial charge >= 0.3 is 18.1 Å². The SMILES string of the molecule is Cc1cc(C)c(OC(=O)c2cc(Cl)c(Cl)cc2C(=O)OC(CS(=O)(=O)[O-])C(F)(F)F)c(C)c1. The van der Waals surface area contributed by atoms with E-state index in [4.69, 9.17) is 27.9 Å². The van der Waals surface area contributed by atoms with E-state index in [1.165, 1.54) is 0 Å². The van der Waals surface area contributed by atoms with Crippen LogP contribution < -0.4 is 4.74 Å². The maximum absolute atomic E-state index is 13.1. The van der Waals surface area contributed by atoms with Gasteiger partial charge in [0.1, 0.15) is 5.75 Å². The summed E-state index contributed by atoms with van der Waals surface area (Å²) in [6.07, 6.45) is -8.65. The van der Waals surface area contributed by atoms with Crippen molar-refractivity contribution in [1.29, 1.82) is 0 Å². The first kappa shape index (κ1) is 26.9. The van der Waals surface area contributed by atoms with E-state index in [0.717, 1.165) is 17.7 Å². The van der Waals surface area contributed by atoms with E-state index in [2.05, 4.69) is 4.74 Å². The molecule has 0 aliphatic carbocycles. The molecule has 2 aromatic carbocycles. The first-order valence-corrected chi connectivity index (χ1v) is 11.3. The molecule has 33 heavy (non-hydrogen) atoms. The van der Waals surface area contributed by atoms with Crippen molar-refractivity contribution in [3.8, 4) is 5.75 Å². The minimum absolute atomic E-state index is 0.154. The van der Waals surface area contributed by atoms with Gasteiger partial charge in [0.25, 0.3) is 0 Å². The van der Waals surface area contributed by atoms with Gasteiger partial charge in [0, 0.05) is 0 Å². The summed E-state index contributed by atoms with van der Waals surface area (Å²) in [6.45, 7) is 5.13. The van der Waals surface area contributed by atoms with Crippen molar-refractivity contribution in [2.24, 2.45) is 0 Å². The smallest absolute Gasteiger partial charge is 0.426 e. The van der Waals surface area contributed by atoms with Crippen LogP contribution >= 0.6 is 23.2 Å². The minimum atomic E-state index is -5.42. The van der Waals surface area contributed by atoms with E-state index in [9.17, 15) is 35.7 Å². The lowest BCUT2D eigenvalue weighted by Crippen LogP contribution is -2.39. The van der Waals surface area contributed by atoms with Gasteiger partial charge in [-0.15, -0.1) is 0 Å². The number of hydrogen-bond acceptors (Lipinski definition) is 7. The zero-order chi connectivity index (χ0) is 25.3. The molecule has 0 heterocycles. The normalized spacial score (nSPS) is 12.9. The molecule has 0 amide bonds. The van der Waals surface area contributed by atoms with Gasteiger partial charge in [0.15, 0.2) is 0 Å². The van der Waals surface area contributed by atoms with Crippen LogP contribution in [0.25, 0.3) is 0 Å². The minimum Gasteiger partial charge on any atom is -0.748 e. The Morgan fingerprint density at radius 3 is 1.85 bits per heavy atom. The molecule has 1 atom stereocenters. The van der Waals surface area contributed by atoms with Gasteiger partial charge in [-0.2, -0.15) is 13.2 Å². The number of esters is 2. The summed E-state index contributed by atoms with van der Waals surface area (Å²) in [4.78, 5) is 25.3. The predicted octanol–water partition coefficient (Wildman–Crippen LogP) is 4.77. The van der Waals surface area contributed by atoms with Gasteiger partial charge in [-0.3, -0.25) is 0 Å². The molecule has 0 aromatic heterocycles. The van der Waals surface area contributed by atoms with Crippen LogP contribution in [0.4, 0.5) is 13.2 Å². The Morgan fingerprint density at radius 1 is 0.970 bits per heavy atom. The largest absolute Gasteiger partial charge is 0.748 e. The van der Waals surface area contributed by atoms with E-state index in [1.807, 2.05) is 6.92 Å². The first-order chi connectivity index (χ1) is 15.0. The highest BCUT2D eigenvalue weighted by atomic mass is 35.5. The third kappa shape index (κ3) is 7.07. The van der Waals surface area contributed by atoms with Crippen molar-refractivity contribution < 1.29 is 45.2 Å². The number of carbonyl (C=O) groups is 2. The molecule has 0 saturated heterocycles. The quantitative estimate of drug-likeness (QED) is 0.302. The lowest BCUT2D eigenvalue weighted by Gasteiger charge is -2.22. The van der Waals surface area contributed by atoms with Crippen LogP contribution in [0.2, 0.25) is 10.0 Å². The fourth-order valence-electron chi connectivity index (χ4n) is 2.93. The Kier molecular flexibility index (Phi) is 8.06. The standard InChI is InChI=1S/C20H17Cl2F3O7S/c1-9-4-10(2)17(11(3)5-9)32-19(27)13-7-15(22)14(21)6-12(13)18(26)31-16(20(23,24)25)8-33(28,29)30/h4-7,16H,8H2,1-3H3,(H,28,29,30)/p-1. The molecule has 0 bridgehead atoms. The second kappa shape index (κ2) is 9.88. The number of benzene rings is 2. The first-order valence-electron chi connectivity index (χ1n) is 9.00. The molecule has 0 N–H and O–H groups in total. The van der Waals surface area contributed by atoms with Crippen molar-refractivity contribution in [1.82, 2.24) is 0 Å². The van der Waals surface area contributed by atoms with E-state index < -0.39 is 51.2 Å². The molecule has 180 valence electrons. The summed E-state index contributed by atoms with van der Waals surface area (Å²) < 4.78 is 81.4. The lowest BCUT2D eigenvalue weighted by molar-refractivity contribution is -0.197. The van der Waals surface area contributed by atoms with Crippen LogP contribution in [-0.4, -0.2) is 42.9 Å². The Hall–Kier alpha value is -2.34. The van der Waals surface area contributed by atoms with Crippen LogP contribution in [0.15, 0.2) is 24.3 Å². The summed E-state index contributed by atoms with van der Waals surface area (Å²) in [6, 6.07) is 5.11.